The molecule has 0 unspecified atom stereocenters. The minimum atomic E-state index is -0.234. The molecule has 160 valence electrons. The molecule has 0 atom stereocenters. The van der Waals surface area contributed by atoms with E-state index in [9.17, 15) is 4.79 Å². The first-order valence-corrected chi connectivity index (χ1v) is 10.4. The summed E-state index contributed by atoms with van der Waals surface area (Å²) in [5.74, 6) is 1.25. The number of ketones is 1. The number of anilines is 1. The number of rotatable bonds is 10. The summed E-state index contributed by atoms with van der Waals surface area (Å²) in [6.07, 6.45) is 3.18. The normalized spacial score (nSPS) is 10.9. The maximum atomic E-state index is 13.0. The number of nitrogens with zero attached hydrogens (tertiary/aromatic N) is 4. The summed E-state index contributed by atoms with van der Waals surface area (Å²) in [5, 5.41) is 8.75. The van der Waals surface area contributed by atoms with Gasteiger partial charge in [0.1, 0.15) is 0 Å². The zero-order chi connectivity index (χ0) is 21.7. The van der Waals surface area contributed by atoms with Gasteiger partial charge in [0, 0.05) is 16.6 Å². The van der Waals surface area contributed by atoms with E-state index in [-0.39, 0.29) is 18.3 Å². The van der Waals surface area contributed by atoms with Crippen LogP contribution in [0.4, 0.5) is 5.95 Å². The van der Waals surface area contributed by atoms with E-state index in [4.69, 9.17) is 19.9 Å². The molecule has 0 bridgehead atoms. The summed E-state index contributed by atoms with van der Waals surface area (Å²) in [6.45, 7) is 2.64. The summed E-state index contributed by atoms with van der Waals surface area (Å²) in [6, 6.07) is 6.90. The molecule has 2 heterocycles. The van der Waals surface area contributed by atoms with Crippen molar-refractivity contribution in [1.29, 1.82) is 0 Å². The van der Waals surface area contributed by atoms with Gasteiger partial charge in [-0.05, 0) is 18.6 Å². The third kappa shape index (κ3) is 4.64. The number of carbonyl (C=O) groups excluding carboxylic acids is 1. The molecule has 0 radical (unpaired) electrons. The average molecular weight is 479 g/mol. The van der Waals surface area contributed by atoms with E-state index >= 15 is 0 Å². The van der Waals surface area contributed by atoms with Crippen LogP contribution in [0, 0.1) is 0 Å². The van der Waals surface area contributed by atoms with E-state index in [1.807, 2.05) is 0 Å². The van der Waals surface area contributed by atoms with Crippen molar-refractivity contribution < 1.29 is 23.7 Å². The molecule has 0 saturated carbocycles. The number of Topliss-reactive ketones (excluding diaryl/α,β-unsaturated/α-hetero) is 1. The highest BCUT2D eigenvalue weighted by Crippen LogP contribution is 2.34. The highest BCUT2D eigenvalue weighted by Gasteiger charge is 2.24. The van der Waals surface area contributed by atoms with Crippen LogP contribution in [-0.4, -0.2) is 41.3 Å². The van der Waals surface area contributed by atoms with Crippen LogP contribution in [0.5, 0.6) is 17.4 Å². The Morgan fingerprint density at radius 1 is 1.23 bits per heavy atom. The second-order valence-corrected chi connectivity index (χ2v) is 7.54. The Morgan fingerprint density at radius 2 is 2.03 bits per heavy atom. The van der Waals surface area contributed by atoms with Crippen molar-refractivity contribution in [2.45, 2.75) is 32.7 Å². The van der Waals surface area contributed by atoms with Gasteiger partial charge in [-0.2, -0.15) is 0 Å². The lowest BCUT2D eigenvalue weighted by Gasteiger charge is -2.12. The van der Waals surface area contributed by atoms with Crippen LogP contribution in [0.15, 0.2) is 28.7 Å². The standard InChI is InChI=1S/C20H24BrN5O4/c1-4-5-6-9-30-18-8-7-17-23-25(20(22)26(17)24-18)12-15(27)14-10-13(21)11-16(28-2)19(14)29-3/h7-8,10-11,22H,4-6,9,12H2,1-3H3/p+1. The number of hydrogen-bond donors (Lipinski definition) is 1. The third-order valence-corrected chi connectivity index (χ3v) is 4.99. The van der Waals surface area contributed by atoms with E-state index in [2.05, 4.69) is 33.1 Å². The molecule has 3 rings (SSSR count). The fourth-order valence-electron chi connectivity index (χ4n) is 3.01. The molecule has 30 heavy (non-hydrogen) atoms. The predicted molar refractivity (Wildman–Crippen MR) is 114 cm³/mol. The number of benzene rings is 1. The number of hydrogen-bond acceptors (Lipinski definition) is 7. The van der Waals surface area contributed by atoms with Crippen LogP contribution < -0.4 is 24.6 Å². The molecule has 9 nitrogen and oxygen atoms in total. The molecule has 0 aliphatic heterocycles. The van der Waals surface area contributed by atoms with Gasteiger partial charge >= 0.3 is 5.95 Å². The van der Waals surface area contributed by atoms with Crippen molar-refractivity contribution in [1.82, 2.24) is 14.7 Å². The Bertz CT molecular complexity index is 1050. The summed E-state index contributed by atoms with van der Waals surface area (Å²) in [7, 11) is 3.00. The number of nitrogens with two attached hydrogens (primary N) is 1. The Morgan fingerprint density at radius 3 is 2.73 bits per heavy atom. The molecule has 0 aliphatic rings. The topological polar surface area (TPSA) is 105 Å². The Balaban J connectivity index is 1.85. The monoisotopic (exact) mass is 478 g/mol. The lowest BCUT2D eigenvalue weighted by molar-refractivity contribution is -0.723. The Labute approximate surface area is 182 Å². The van der Waals surface area contributed by atoms with Gasteiger partial charge in [-0.3, -0.25) is 10.5 Å². The van der Waals surface area contributed by atoms with Crippen LogP contribution in [0.2, 0.25) is 0 Å². The second-order valence-electron chi connectivity index (χ2n) is 6.63. The molecule has 0 aliphatic carbocycles. The molecule has 0 amide bonds. The van der Waals surface area contributed by atoms with Crippen LogP contribution in [0.3, 0.4) is 0 Å². The minimum absolute atomic E-state index is 0.0855. The maximum Gasteiger partial charge on any atom is 0.401 e. The number of carbonyl (C=O) groups is 1. The molecule has 0 spiro atoms. The third-order valence-electron chi connectivity index (χ3n) is 4.53. The second kappa shape index (κ2) is 9.75. The maximum absolute atomic E-state index is 13.0. The number of nitrogen functional groups attached to an aromatic ring is 1. The molecule has 2 aromatic heterocycles. The number of halogens is 1. The highest BCUT2D eigenvalue weighted by molar-refractivity contribution is 9.10. The van der Waals surface area contributed by atoms with E-state index in [1.54, 1.807) is 24.3 Å². The van der Waals surface area contributed by atoms with Crippen molar-refractivity contribution >= 4 is 33.3 Å². The van der Waals surface area contributed by atoms with Gasteiger partial charge in [0.15, 0.2) is 18.0 Å². The Kier molecular flexibility index (Phi) is 7.09. The molecule has 2 N–H and O–H groups in total. The zero-order valence-corrected chi connectivity index (χ0v) is 18.8. The first kappa shape index (κ1) is 21.8. The van der Waals surface area contributed by atoms with Gasteiger partial charge in [-0.25, -0.2) is 0 Å². The lowest BCUT2D eigenvalue weighted by atomic mass is 10.1. The van der Waals surface area contributed by atoms with Crippen molar-refractivity contribution in [3.05, 3.63) is 34.3 Å². The van der Waals surface area contributed by atoms with E-state index in [0.717, 1.165) is 19.3 Å². The molecule has 1 aromatic carbocycles. The zero-order valence-electron chi connectivity index (χ0n) is 17.2. The SMILES string of the molecule is CCCCCOc1ccc2n[n+](CC(=O)c3cc(Br)cc(OC)c3OC)c(N)n2n1. The summed E-state index contributed by atoms with van der Waals surface area (Å²) < 4.78 is 19.9. The molecule has 0 fully saturated rings. The van der Waals surface area contributed by atoms with E-state index in [0.29, 0.717) is 39.7 Å². The number of methoxy groups -OCH3 is 2. The summed E-state index contributed by atoms with van der Waals surface area (Å²) in [5.41, 5.74) is 7.07. The number of ether oxygens (including phenoxy) is 3. The average Bonchev–Trinajstić information content (AvgIpc) is 3.05. The van der Waals surface area contributed by atoms with Crippen molar-refractivity contribution in [2.24, 2.45) is 0 Å². The van der Waals surface area contributed by atoms with Crippen LogP contribution >= 0.6 is 15.9 Å². The smallest absolute Gasteiger partial charge is 0.401 e. The highest BCUT2D eigenvalue weighted by atomic mass is 79.9. The number of fused-ring (bicyclic) bond motifs is 1. The molecular formula is C20H25BrN5O4+. The van der Waals surface area contributed by atoms with Crippen LogP contribution in [-0.2, 0) is 6.54 Å². The van der Waals surface area contributed by atoms with Gasteiger partial charge in [-0.15, -0.1) is 4.68 Å². The van der Waals surface area contributed by atoms with Crippen molar-refractivity contribution in [2.75, 3.05) is 26.6 Å². The fourth-order valence-corrected chi connectivity index (χ4v) is 3.45. The largest absolute Gasteiger partial charge is 0.493 e. The predicted octanol–water partition coefficient (Wildman–Crippen LogP) is 2.83. The molecular weight excluding hydrogens is 454 g/mol. The lowest BCUT2D eigenvalue weighted by Crippen LogP contribution is -2.42. The number of unbranched alkanes of at least 4 members (excludes halogenated alkanes) is 2. The summed E-state index contributed by atoms with van der Waals surface area (Å²) >= 11 is 3.39. The quantitative estimate of drug-likeness (QED) is 0.271. The number of aromatic nitrogens is 4. The van der Waals surface area contributed by atoms with Gasteiger partial charge < -0.3 is 14.2 Å². The van der Waals surface area contributed by atoms with Gasteiger partial charge in [0.2, 0.25) is 11.7 Å². The van der Waals surface area contributed by atoms with E-state index < -0.39 is 0 Å². The minimum Gasteiger partial charge on any atom is -0.493 e. The van der Waals surface area contributed by atoms with Crippen LogP contribution in [0.1, 0.15) is 36.5 Å². The first-order chi connectivity index (χ1) is 14.5. The fraction of sp³-hybridized carbons (Fsp3) is 0.400. The van der Waals surface area contributed by atoms with Crippen LogP contribution in [0.25, 0.3) is 5.65 Å². The van der Waals surface area contributed by atoms with Crippen molar-refractivity contribution in [3.63, 3.8) is 0 Å². The van der Waals surface area contributed by atoms with Gasteiger partial charge in [0.05, 0.1) is 26.4 Å². The Hall–Kier alpha value is -2.88. The van der Waals surface area contributed by atoms with E-state index in [1.165, 1.54) is 23.4 Å². The molecule has 10 heteroatoms. The van der Waals surface area contributed by atoms with Gasteiger partial charge in [0.25, 0.3) is 5.65 Å². The molecule has 0 saturated heterocycles. The first-order valence-electron chi connectivity index (χ1n) is 9.61. The van der Waals surface area contributed by atoms with Gasteiger partial charge in [-0.1, -0.05) is 50.4 Å². The van der Waals surface area contributed by atoms with Crippen molar-refractivity contribution in [3.8, 4) is 17.4 Å². The summed E-state index contributed by atoms with van der Waals surface area (Å²) in [4.78, 5) is 13.0. The molecule has 3 aromatic rings.